The topological polar surface area (TPSA) is 56.6 Å². The zero-order chi connectivity index (χ0) is 20.1. The van der Waals surface area contributed by atoms with Crippen LogP contribution in [0.2, 0.25) is 0 Å². The van der Waals surface area contributed by atoms with Crippen LogP contribution in [0.25, 0.3) is 11.0 Å². The largest absolute Gasteiger partial charge is 0.444 e. The smallest absolute Gasteiger partial charge is 0.410 e. The van der Waals surface area contributed by atoms with Crippen LogP contribution in [-0.4, -0.2) is 52.4 Å². The molecule has 0 spiro atoms. The van der Waals surface area contributed by atoms with Crippen LogP contribution in [0.1, 0.15) is 63.4 Å². The maximum atomic E-state index is 12.5. The number of nitrogens with zero attached hydrogens (tertiary/aromatic N) is 3. The molecule has 2 aliphatic rings. The van der Waals surface area contributed by atoms with Crippen molar-refractivity contribution < 1.29 is 14.3 Å². The fourth-order valence-electron chi connectivity index (χ4n) is 4.13. The van der Waals surface area contributed by atoms with E-state index in [1.165, 1.54) is 29.7 Å². The van der Waals surface area contributed by atoms with E-state index < -0.39 is 5.60 Å². The minimum Gasteiger partial charge on any atom is -0.444 e. The van der Waals surface area contributed by atoms with Crippen LogP contribution in [0, 0.1) is 6.92 Å². The number of aromatic nitrogens is 2. The van der Waals surface area contributed by atoms with Crippen LogP contribution in [0.15, 0.2) is 18.2 Å². The van der Waals surface area contributed by atoms with Crippen molar-refractivity contribution in [2.24, 2.45) is 0 Å². The normalized spacial score (nSPS) is 23.2. The molecular weight excluding hydrogens is 354 g/mol. The van der Waals surface area contributed by atoms with E-state index in [0.717, 1.165) is 11.9 Å². The van der Waals surface area contributed by atoms with E-state index in [1.807, 2.05) is 20.8 Å². The van der Waals surface area contributed by atoms with E-state index in [1.54, 1.807) is 12.0 Å². The summed E-state index contributed by atoms with van der Waals surface area (Å²) in [4.78, 5) is 19.3. The predicted octanol–water partition coefficient (Wildman–Crippen LogP) is 4.42. The molecule has 1 saturated carbocycles. The van der Waals surface area contributed by atoms with Gasteiger partial charge in [-0.15, -0.1) is 0 Å². The summed E-state index contributed by atoms with van der Waals surface area (Å²) in [6.07, 6.45) is 2.89. The molecule has 6 nitrogen and oxygen atoms in total. The molecule has 1 aliphatic carbocycles. The number of rotatable bonds is 3. The fraction of sp³-hybridized carbons (Fsp3) is 0.636. The second-order valence-electron chi connectivity index (χ2n) is 9.16. The highest BCUT2D eigenvalue weighted by Crippen LogP contribution is 2.43. The van der Waals surface area contributed by atoms with Crippen molar-refractivity contribution in [3.05, 3.63) is 29.6 Å². The van der Waals surface area contributed by atoms with Gasteiger partial charge in [0.1, 0.15) is 11.4 Å². The van der Waals surface area contributed by atoms with Crippen LogP contribution in [0.4, 0.5) is 4.79 Å². The summed E-state index contributed by atoms with van der Waals surface area (Å²) in [5.74, 6) is 1.73. The SMILES string of the molecule is COC1CN(C(=O)OC(C)(C)C)CC[C@@H]1n1c(C2CC2)nc2cc(C)ccc21. The number of aryl methyl sites for hydroxylation is 1. The van der Waals surface area contributed by atoms with Crippen LogP contribution < -0.4 is 0 Å². The van der Waals surface area contributed by atoms with Crippen molar-refractivity contribution in [2.75, 3.05) is 20.2 Å². The van der Waals surface area contributed by atoms with E-state index in [-0.39, 0.29) is 18.2 Å². The zero-order valence-electron chi connectivity index (χ0n) is 17.6. The molecule has 2 aromatic rings. The van der Waals surface area contributed by atoms with Gasteiger partial charge in [-0.1, -0.05) is 6.07 Å². The first-order valence-electron chi connectivity index (χ1n) is 10.3. The van der Waals surface area contributed by atoms with Crippen LogP contribution in [-0.2, 0) is 9.47 Å². The highest BCUT2D eigenvalue weighted by atomic mass is 16.6. The van der Waals surface area contributed by atoms with Crippen molar-refractivity contribution >= 4 is 17.1 Å². The summed E-state index contributed by atoms with van der Waals surface area (Å²) in [7, 11) is 1.73. The molecule has 2 atom stereocenters. The van der Waals surface area contributed by atoms with Gasteiger partial charge >= 0.3 is 6.09 Å². The Labute approximate surface area is 166 Å². The molecule has 1 amide bonds. The average Bonchev–Trinajstić information content (AvgIpc) is 3.40. The fourth-order valence-corrected chi connectivity index (χ4v) is 4.13. The third-order valence-corrected chi connectivity index (χ3v) is 5.63. The lowest BCUT2D eigenvalue weighted by atomic mass is 10.0. The quantitative estimate of drug-likeness (QED) is 0.785. The Morgan fingerprint density at radius 3 is 2.61 bits per heavy atom. The third-order valence-electron chi connectivity index (χ3n) is 5.63. The summed E-state index contributed by atoms with van der Waals surface area (Å²) in [6.45, 7) is 8.99. The minimum atomic E-state index is -0.492. The second kappa shape index (κ2) is 7.07. The monoisotopic (exact) mass is 385 g/mol. The van der Waals surface area contributed by atoms with Crippen molar-refractivity contribution in [2.45, 2.75) is 70.6 Å². The first-order chi connectivity index (χ1) is 13.3. The number of hydrogen-bond donors (Lipinski definition) is 0. The van der Waals surface area contributed by atoms with Gasteiger partial charge in [-0.25, -0.2) is 9.78 Å². The van der Waals surface area contributed by atoms with Gasteiger partial charge in [0.05, 0.1) is 29.7 Å². The summed E-state index contributed by atoms with van der Waals surface area (Å²) < 4.78 is 13.8. The Balaban J connectivity index is 1.63. The molecular formula is C22H31N3O3. The van der Waals surface area contributed by atoms with Crippen LogP contribution in [0.3, 0.4) is 0 Å². The van der Waals surface area contributed by atoms with Gasteiger partial charge in [0.2, 0.25) is 0 Å². The zero-order valence-corrected chi connectivity index (χ0v) is 17.6. The first kappa shape index (κ1) is 19.2. The number of ether oxygens (including phenoxy) is 2. The van der Waals surface area contributed by atoms with Crippen molar-refractivity contribution in [3.8, 4) is 0 Å². The van der Waals surface area contributed by atoms with E-state index >= 15 is 0 Å². The number of piperidine rings is 1. The summed E-state index contributed by atoms with van der Waals surface area (Å²) in [5, 5.41) is 0. The number of fused-ring (bicyclic) bond motifs is 1. The molecule has 1 aliphatic heterocycles. The van der Waals surface area contributed by atoms with Gasteiger partial charge in [0, 0.05) is 19.6 Å². The molecule has 1 aromatic carbocycles. The molecule has 2 heterocycles. The first-order valence-corrected chi connectivity index (χ1v) is 10.3. The van der Waals surface area contributed by atoms with Crippen molar-refractivity contribution in [1.82, 2.24) is 14.5 Å². The van der Waals surface area contributed by atoms with Crippen LogP contribution >= 0.6 is 0 Å². The van der Waals surface area contributed by atoms with E-state index in [2.05, 4.69) is 29.7 Å². The lowest BCUT2D eigenvalue weighted by Gasteiger charge is -2.39. The number of carbonyl (C=O) groups excluding carboxylic acids is 1. The van der Waals surface area contributed by atoms with E-state index in [0.29, 0.717) is 19.0 Å². The van der Waals surface area contributed by atoms with E-state index in [4.69, 9.17) is 14.5 Å². The highest BCUT2D eigenvalue weighted by molar-refractivity contribution is 5.77. The lowest BCUT2D eigenvalue weighted by molar-refractivity contribution is -0.0249. The Hall–Kier alpha value is -2.08. The standard InChI is InChI=1S/C22H31N3O3/c1-14-6-9-17-16(12-14)23-20(15-7-8-15)25(17)18-10-11-24(13-19(18)27-5)21(26)28-22(2,3)4/h6,9,12,15,18-19H,7-8,10-11,13H2,1-5H3/t18-,19?/m0/s1. The Morgan fingerprint density at radius 1 is 1.21 bits per heavy atom. The highest BCUT2D eigenvalue weighted by Gasteiger charge is 2.39. The minimum absolute atomic E-state index is 0.0857. The maximum Gasteiger partial charge on any atom is 0.410 e. The average molecular weight is 386 g/mol. The molecule has 1 aromatic heterocycles. The van der Waals surface area contributed by atoms with Crippen molar-refractivity contribution in [1.29, 1.82) is 0 Å². The number of likely N-dealkylation sites (tertiary alicyclic amines) is 1. The number of imidazole rings is 1. The van der Waals surface area contributed by atoms with Gasteiger partial charge in [-0.05, 0) is 64.7 Å². The number of benzene rings is 1. The molecule has 2 fully saturated rings. The Kier molecular flexibility index (Phi) is 4.86. The summed E-state index contributed by atoms with van der Waals surface area (Å²) in [6, 6.07) is 6.66. The molecule has 4 rings (SSSR count). The molecule has 0 N–H and O–H groups in total. The second-order valence-corrected chi connectivity index (χ2v) is 9.16. The third kappa shape index (κ3) is 3.75. The number of carbonyl (C=O) groups is 1. The molecule has 152 valence electrons. The van der Waals surface area contributed by atoms with Gasteiger partial charge < -0.3 is 18.9 Å². The van der Waals surface area contributed by atoms with Gasteiger partial charge in [0.25, 0.3) is 0 Å². The number of methoxy groups -OCH3 is 1. The molecule has 28 heavy (non-hydrogen) atoms. The Morgan fingerprint density at radius 2 is 1.96 bits per heavy atom. The van der Waals surface area contributed by atoms with Crippen molar-refractivity contribution in [3.63, 3.8) is 0 Å². The molecule has 0 radical (unpaired) electrons. The number of amides is 1. The maximum absolute atomic E-state index is 12.5. The molecule has 0 bridgehead atoms. The van der Waals surface area contributed by atoms with Crippen LogP contribution in [0.5, 0.6) is 0 Å². The molecule has 6 heteroatoms. The van der Waals surface area contributed by atoms with Gasteiger partial charge in [0.15, 0.2) is 0 Å². The van der Waals surface area contributed by atoms with Gasteiger partial charge in [-0.3, -0.25) is 0 Å². The van der Waals surface area contributed by atoms with Gasteiger partial charge in [-0.2, -0.15) is 0 Å². The Bertz CT molecular complexity index is 879. The van der Waals surface area contributed by atoms with E-state index in [9.17, 15) is 4.79 Å². The molecule has 1 saturated heterocycles. The predicted molar refractivity (Wildman–Crippen MR) is 109 cm³/mol. The summed E-state index contributed by atoms with van der Waals surface area (Å²) >= 11 is 0. The lowest BCUT2D eigenvalue weighted by Crippen LogP contribution is -2.49. The summed E-state index contributed by atoms with van der Waals surface area (Å²) in [5.41, 5.74) is 2.97. The number of hydrogen-bond acceptors (Lipinski definition) is 4. The molecule has 1 unspecified atom stereocenters.